The number of aryl methyl sites for hydroxylation is 1. The quantitative estimate of drug-likeness (QED) is 0.306. The zero-order valence-corrected chi connectivity index (χ0v) is 20.4. The Kier molecular flexibility index (Phi) is 9.78. The summed E-state index contributed by atoms with van der Waals surface area (Å²) in [4.78, 5) is 12.8. The monoisotopic (exact) mass is 498 g/mol. The highest BCUT2D eigenvalue weighted by Crippen LogP contribution is 2.26. The van der Waals surface area contributed by atoms with Gasteiger partial charge in [-0.15, -0.1) is 0 Å². The third-order valence-corrected chi connectivity index (χ3v) is 5.88. The highest BCUT2D eigenvalue weighted by Gasteiger charge is 2.23. The van der Waals surface area contributed by atoms with Crippen LogP contribution >= 0.6 is 0 Å². The number of rotatable bonds is 12. The van der Waals surface area contributed by atoms with Gasteiger partial charge in [0, 0.05) is 19.2 Å². The van der Waals surface area contributed by atoms with E-state index in [0.717, 1.165) is 18.1 Å². The van der Waals surface area contributed by atoms with Crippen LogP contribution in [0.1, 0.15) is 29.2 Å². The summed E-state index contributed by atoms with van der Waals surface area (Å²) in [5.74, 6) is -1.67. The number of carbonyl (C=O) groups is 1. The second-order valence-corrected chi connectivity index (χ2v) is 8.71. The number of nitrogens with one attached hydrogen (secondary N) is 2. The van der Waals surface area contributed by atoms with Crippen LogP contribution in [0.25, 0.3) is 0 Å². The predicted octanol–water partition coefficient (Wildman–Crippen LogP) is 3.66. The summed E-state index contributed by atoms with van der Waals surface area (Å²) < 4.78 is 32.5. The summed E-state index contributed by atoms with van der Waals surface area (Å²) in [6.07, 6.45) is -0.141. The summed E-state index contributed by atoms with van der Waals surface area (Å²) in [5, 5.41) is 26.8. The number of hydrogen-bond acceptors (Lipinski definition) is 5. The van der Waals surface area contributed by atoms with Gasteiger partial charge >= 0.3 is 0 Å². The second-order valence-electron chi connectivity index (χ2n) is 8.71. The molecule has 2 unspecified atom stereocenters. The van der Waals surface area contributed by atoms with Crippen LogP contribution in [0.2, 0.25) is 0 Å². The number of phenols is 1. The highest BCUT2D eigenvalue weighted by atomic mass is 19.1. The van der Waals surface area contributed by atoms with Gasteiger partial charge in [0.1, 0.15) is 11.6 Å². The van der Waals surface area contributed by atoms with E-state index in [1.54, 1.807) is 12.1 Å². The van der Waals surface area contributed by atoms with E-state index < -0.39 is 29.7 Å². The molecule has 6 nitrogen and oxygen atoms in total. The molecule has 2 atom stereocenters. The zero-order valence-electron chi connectivity index (χ0n) is 20.4. The van der Waals surface area contributed by atoms with Gasteiger partial charge in [-0.05, 0) is 59.4 Å². The molecule has 0 saturated heterocycles. The van der Waals surface area contributed by atoms with E-state index in [9.17, 15) is 23.8 Å². The molecule has 0 fully saturated rings. The molecule has 8 heteroatoms. The first-order valence-corrected chi connectivity index (χ1v) is 11.8. The Hall–Kier alpha value is -3.49. The molecule has 0 spiro atoms. The SMILES string of the molecule is CCc1cccc(CNCC(O)C(Cc2cc(F)cc(F)c2)NC(=O)Cc2ccc(OC)c(O)c2)c1. The average molecular weight is 499 g/mol. The summed E-state index contributed by atoms with van der Waals surface area (Å²) in [6, 6.07) is 15.0. The van der Waals surface area contributed by atoms with Crippen molar-refractivity contribution in [2.24, 2.45) is 0 Å². The smallest absolute Gasteiger partial charge is 0.224 e. The molecule has 0 saturated carbocycles. The van der Waals surface area contributed by atoms with Crippen molar-refractivity contribution >= 4 is 5.91 Å². The van der Waals surface area contributed by atoms with E-state index in [-0.39, 0.29) is 30.9 Å². The molecule has 192 valence electrons. The number of ether oxygens (including phenoxy) is 1. The van der Waals surface area contributed by atoms with E-state index in [4.69, 9.17) is 4.74 Å². The second kappa shape index (κ2) is 13.0. The maximum absolute atomic E-state index is 13.7. The number of phenolic OH excluding ortho intramolecular Hbond substituents is 1. The van der Waals surface area contributed by atoms with Crippen LogP contribution in [-0.2, 0) is 30.6 Å². The van der Waals surface area contributed by atoms with Gasteiger partial charge in [0.15, 0.2) is 11.5 Å². The molecule has 4 N–H and O–H groups in total. The van der Waals surface area contributed by atoms with Crippen molar-refractivity contribution < 1.29 is 28.5 Å². The lowest BCUT2D eigenvalue weighted by Crippen LogP contribution is -2.49. The van der Waals surface area contributed by atoms with Crippen molar-refractivity contribution in [2.75, 3.05) is 13.7 Å². The van der Waals surface area contributed by atoms with Gasteiger partial charge in [-0.25, -0.2) is 8.78 Å². The van der Waals surface area contributed by atoms with Crippen molar-refractivity contribution in [3.8, 4) is 11.5 Å². The minimum absolute atomic E-state index is 0.0302. The predicted molar refractivity (Wildman–Crippen MR) is 134 cm³/mol. The van der Waals surface area contributed by atoms with Crippen LogP contribution in [-0.4, -0.2) is 41.9 Å². The Morgan fingerprint density at radius 2 is 1.69 bits per heavy atom. The van der Waals surface area contributed by atoms with Crippen molar-refractivity contribution in [1.82, 2.24) is 10.6 Å². The number of halogens is 2. The minimum Gasteiger partial charge on any atom is -0.504 e. The van der Waals surface area contributed by atoms with Gasteiger partial charge in [0.05, 0.1) is 25.7 Å². The van der Waals surface area contributed by atoms with Gasteiger partial charge in [-0.1, -0.05) is 37.3 Å². The molecule has 3 aromatic carbocycles. The van der Waals surface area contributed by atoms with Crippen molar-refractivity contribution in [1.29, 1.82) is 0 Å². The van der Waals surface area contributed by atoms with Crippen LogP contribution < -0.4 is 15.4 Å². The molecular weight excluding hydrogens is 466 g/mol. The number of aliphatic hydroxyl groups excluding tert-OH is 1. The van der Waals surface area contributed by atoms with Crippen LogP contribution in [0.15, 0.2) is 60.7 Å². The fourth-order valence-electron chi connectivity index (χ4n) is 4.02. The third-order valence-electron chi connectivity index (χ3n) is 5.88. The number of aliphatic hydroxyl groups is 1. The fourth-order valence-corrected chi connectivity index (χ4v) is 4.02. The fraction of sp³-hybridized carbons (Fsp3) is 0.321. The maximum atomic E-state index is 13.7. The van der Waals surface area contributed by atoms with Gasteiger partial charge < -0.3 is 25.6 Å². The lowest BCUT2D eigenvalue weighted by Gasteiger charge is -2.25. The largest absolute Gasteiger partial charge is 0.504 e. The Labute approximate surface area is 209 Å². The topological polar surface area (TPSA) is 90.8 Å². The minimum atomic E-state index is -1.03. The molecule has 0 bridgehead atoms. The van der Waals surface area contributed by atoms with Crippen molar-refractivity contribution in [3.63, 3.8) is 0 Å². The lowest BCUT2D eigenvalue weighted by molar-refractivity contribution is -0.122. The highest BCUT2D eigenvalue weighted by molar-refractivity contribution is 5.79. The maximum Gasteiger partial charge on any atom is 0.224 e. The van der Waals surface area contributed by atoms with E-state index in [0.29, 0.717) is 17.7 Å². The van der Waals surface area contributed by atoms with E-state index in [1.807, 2.05) is 18.2 Å². The number of aromatic hydroxyl groups is 1. The summed E-state index contributed by atoms with van der Waals surface area (Å²) >= 11 is 0. The van der Waals surface area contributed by atoms with Crippen LogP contribution in [0.4, 0.5) is 8.78 Å². The first kappa shape index (κ1) is 27.1. The van der Waals surface area contributed by atoms with Crippen LogP contribution in [0.5, 0.6) is 11.5 Å². The number of benzene rings is 3. The Balaban J connectivity index is 1.68. The molecule has 3 rings (SSSR count). The van der Waals surface area contributed by atoms with Gasteiger partial charge in [0.2, 0.25) is 5.91 Å². The van der Waals surface area contributed by atoms with E-state index in [1.165, 1.54) is 30.9 Å². The summed E-state index contributed by atoms with van der Waals surface area (Å²) in [5.41, 5.74) is 3.13. The number of carbonyl (C=O) groups excluding carboxylic acids is 1. The first-order chi connectivity index (χ1) is 17.3. The first-order valence-electron chi connectivity index (χ1n) is 11.8. The summed E-state index contributed by atoms with van der Waals surface area (Å²) in [6.45, 7) is 2.75. The number of hydrogen-bond donors (Lipinski definition) is 4. The molecule has 0 aromatic heterocycles. The molecule has 0 radical (unpaired) electrons. The Morgan fingerprint density at radius 3 is 2.36 bits per heavy atom. The van der Waals surface area contributed by atoms with E-state index in [2.05, 4.69) is 23.6 Å². The number of methoxy groups -OCH3 is 1. The van der Waals surface area contributed by atoms with Gasteiger partial charge in [-0.2, -0.15) is 0 Å². The molecule has 0 heterocycles. The normalized spacial score (nSPS) is 12.7. The molecule has 3 aromatic rings. The standard InChI is InChI=1S/C28H32F2N2O4/c1-3-18-5-4-6-20(9-18)16-31-17-26(34)24(12-21-10-22(29)15-23(30)11-21)32-28(35)14-19-7-8-27(36-2)25(33)13-19/h4-11,13,15,24,26,31,33-34H,3,12,14,16-17H2,1-2H3,(H,32,35). The van der Waals surface area contributed by atoms with Crippen molar-refractivity contribution in [3.05, 3.63) is 94.6 Å². The average Bonchev–Trinajstić information content (AvgIpc) is 2.83. The Bertz CT molecular complexity index is 1150. The lowest BCUT2D eigenvalue weighted by atomic mass is 10.00. The molecule has 0 aliphatic carbocycles. The number of amides is 1. The van der Waals surface area contributed by atoms with E-state index >= 15 is 0 Å². The van der Waals surface area contributed by atoms with Gasteiger partial charge in [-0.3, -0.25) is 4.79 Å². The van der Waals surface area contributed by atoms with Crippen molar-refractivity contribution in [2.45, 2.75) is 44.9 Å². The summed E-state index contributed by atoms with van der Waals surface area (Å²) in [7, 11) is 1.43. The van der Waals surface area contributed by atoms with Crippen LogP contribution in [0.3, 0.4) is 0 Å². The third kappa shape index (κ3) is 8.03. The molecule has 1 amide bonds. The van der Waals surface area contributed by atoms with Crippen LogP contribution in [0, 0.1) is 11.6 Å². The Morgan fingerprint density at radius 1 is 0.972 bits per heavy atom. The molecule has 0 aliphatic rings. The molecule has 0 aliphatic heterocycles. The zero-order chi connectivity index (χ0) is 26.1. The van der Waals surface area contributed by atoms with Gasteiger partial charge in [0.25, 0.3) is 0 Å². The molecule has 36 heavy (non-hydrogen) atoms. The molecular formula is C28H32F2N2O4.